The molecule has 0 spiro atoms. The Morgan fingerprint density at radius 3 is 2.44 bits per heavy atom. The summed E-state index contributed by atoms with van der Waals surface area (Å²) in [7, 11) is 0. The summed E-state index contributed by atoms with van der Waals surface area (Å²) in [5.74, 6) is 1.64. The molecule has 0 radical (unpaired) electrons. The third kappa shape index (κ3) is 3.12. The van der Waals surface area contributed by atoms with Crippen LogP contribution in [0.3, 0.4) is 0 Å². The first kappa shape index (κ1) is 13.1. The van der Waals surface area contributed by atoms with Crippen LogP contribution in [-0.2, 0) is 13.0 Å². The van der Waals surface area contributed by atoms with Crippen LogP contribution in [0.15, 0.2) is 46.9 Å². The van der Waals surface area contributed by atoms with Gasteiger partial charge in [0.1, 0.15) is 11.5 Å². The fraction of sp³-hybridized carbons (Fsp3) is 0.200. The molecule has 0 bridgehead atoms. The van der Waals surface area contributed by atoms with Gasteiger partial charge in [0.25, 0.3) is 0 Å². The molecular weight excluding hydrogens is 290 g/mol. The van der Waals surface area contributed by atoms with E-state index in [9.17, 15) is 0 Å². The summed E-state index contributed by atoms with van der Waals surface area (Å²) in [6, 6.07) is 14.0. The Labute approximate surface area is 116 Å². The number of hydrogen-bond acceptors (Lipinski definition) is 2. The van der Waals surface area contributed by atoms with Gasteiger partial charge in [0, 0.05) is 16.6 Å². The second kappa shape index (κ2) is 6.03. The van der Waals surface area contributed by atoms with E-state index in [1.54, 1.807) is 0 Å². The van der Waals surface area contributed by atoms with Crippen molar-refractivity contribution < 1.29 is 4.74 Å². The number of halogens is 1. The van der Waals surface area contributed by atoms with Gasteiger partial charge in [0.05, 0.1) is 0 Å². The third-order valence-corrected chi connectivity index (χ3v) is 3.30. The average Bonchev–Trinajstić information content (AvgIpc) is 2.40. The molecule has 18 heavy (non-hydrogen) atoms. The minimum Gasteiger partial charge on any atom is -0.457 e. The van der Waals surface area contributed by atoms with Crippen LogP contribution in [-0.4, -0.2) is 0 Å². The fourth-order valence-corrected chi connectivity index (χ4v) is 2.05. The molecule has 94 valence electrons. The summed E-state index contributed by atoms with van der Waals surface area (Å²) in [6.07, 6.45) is 1.03. The Morgan fingerprint density at radius 2 is 1.83 bits per heavy atom. The first-order valence-electron chi connectivity index (χ1n) is 5.98. The minimum atomic E-state index is 0.468. The SMILES string of the molecule is CCc1ccc(Oc2cc(Br)ccc2CN)cc1. The molecule has 0 heterocycles. The molecule has 2 nitrogen and oxygen atoms in total. The van der Waals surface area contributed by atoms with Gasteiger partial charge in [-0.2, -0.15) is 0 Å². The first-order chi connectivity index (χ1) is 8.72. The van der Waals surface area contributed by atoms with Crippen LogP contribution in [0.25, 0.3) is 0 Å². The summed E-state index contributed by atoms with van der Waals surface area (Å²) in [5.41, 5.74) is 8.00. The van der Waals surface area contributed by atoms with Gasteiger partial charge in [-0.3, -0.25) is 0 Å². The molecule has 0 aliphatic rings. The van der Waals surface area contributed by atoms with Crippen LogP contribution >= 0.6 is 15.9 Å². The van der Waals surface area contributed by atoms with Crippen LogP contribution < -0.4 is 10.5 Å². The molecule has 0 aromatic heterocycles. The maximum atomic E-state index is 5.87. The summed E-state index contributed by atoms with van der Waals surface area (Å²) in [6.45, 7) is 2.60. The molecule has 0 saturated carbocycles. The van der Waals surface area contributed by atoms with Crippen molar-refractivity contribution in [3.05, 3.63) is 58.1 Å². The predicted molar refractivity (Wildman–Crippen MR) is 77.9 cm³/mol. The summed E-state index contributed by atoms with van der Waals surface area (Å²) < 4.78 is 6.86. The first-order valence-corrected chi connectivity index (χ1v) is 6.77. The number of rotatable bonds is 4. The van der Waals surface area contributed by atoms with E-state index < -0.39 is 0 Å². The molecule has 3 heteroatoms. The smallest absolute Gasteiger partial charge is 0.133 e. The van der Waals surface area contributed by atoms with E-state index in [2.05, 4.69) is 35.0 Å². The summed E-state index contributed by atoms with van der Waals surface area (Å²) in [5, 5.41) is 0. The molecule has 0 fully saturated rings. The Morgan fingerprint density at radius 1 is 1.11 bits per heavy atom. The number of benzene rings is 2. The largest absolute Gasteiger partial charge is 0.457 e. The zero-order valence-electron chi connectivity index (χ0n) is 10.3. The second-order valence-corrected chi connectivity index (χ2v) is 4.97. The van der Waals surface area contributed by atoms with Crippen molar-refractivity contribution in [1.29, 1.82) is 0 Å². The van der Waals surface area contributed by atoms with Crippen molar-refractivity contribution in [1.82, 2.24) is 0 Å². The number of aryl methyl sites for hydroxylation is 1. The fourth-order valence-electron chi connectivity index (χ4n) is 1.71. The van der Waals surface area contributed by atoms with Crippen LogP contribution in [0.5, 0.6) is 11.5 Å². The van der Waals surface area contributed by atoms with Crippen molar-refractivity contribution in [2.24, 2.45) is 5.73 Å². The molecule has 0 aliphatic carbocycles. The standard InChI is InChI=1S/C15H16BrNO/c1-2-11-3-7-14(8-4-11)18-15-9-13(16)6-5-12(15)10-17/h3-9H,2,10,17H2,1H3. The number of nitrogens with two attached hydrogens (primary N) is 1. The second-order valence-electron chi connectivity index (χ2n) is 4.06. The van der Waals surface area contributed by atoms with Crippen LogP contribution in [0.1, 0.15) is 18.1 Å². The summed E-state index contributed by atoms with van der Waals surface area (Å²) >= 11 is 3.44. The van der Waals surface area contributed by atoms with Gasteiger partial charge in [0.15, 0.2) is 0 Å². The van der Waals surface area contributed by atoms with Gasteiger partial charge in [-0.05, 0) is 36.2 Å². The Balaban J connectivity index is 2.24. The van der Waals surface area contributed by atoms with Gasteiger partial charge in [-0.15, -0.1) is 0 Å². The zero-order valence-corrected chi connectivity index (χ0v) is 11.9. The number of ether oxygens (including phenoxy) is 1. The molecule has 0 unspecified atom stereocenters. The molecule has 2 aromatic rings. The molecule has 2 N–H and O–H groups in total. The minimum absolute atomic E-state index is 0.468. The van der Waals surface area contributed by atoms with E-state index in [1.165, 1.54) is 5.56 Å². The van der Waals surface area contributed by atoms with E-state index in [1.807, 2.05) is 30.3 Å². The summed E-state index contributed by atoms with van der Waals surface area (Å²) in [4.78, 5) is 0. The average molecular weight is 306 g/mol. The molecule has 0 amide bonds. The van der Waals surface area contributed by atoms with Crippen molar-refractivity contribution in [2.45, 2.75) is 19.9 Å². The Kier molecular flexibility index (Phi) is 4.39. The lowest BCUT2D eigenvalue weighted by Gasteiger charge is -2.11. The van der Waals surface area contributed by atoms with E-state index in [4.69, 9.17) is 10.5 Å². The van der Waals surface area contributed by atoms with Crippen molar-refractivity contribution in [2.75, 3.05) is 0 Å². The molecule has 2 rings (SSSR count). The van der Waals surface area contributed by atoms with E-state index in [0.29, 0.717) is 6.54 Å². The molecule has 2 aromatic carbocycles. The van der Waals surface area contributed by atoms with Gasteiger partial charge >= 0.3 is 0 Å². The van der Waals surface area contributed by atoms with Gasteiger partial charge < -0.3 is 10.5 Å². The highest BCUT2D eigenvalue weighted by molar-refractivity contribution is 9.10. The maximum Gasteiger partial charge on any atom is 0.133 e. The van der Waals surface area contributed by atoms with E-state index >= 15 is 0 Å². The third-order valence-electron chi connectivity index (χ3n) is 2.81. The quantitative estimate of drug-likeness (QED) is 0.916. The van der Waals surface area contributed by atoms with E-state index in [-0.39, 0.29) is 0 Å². The lowest BCUT2D eigenvalue weighted by Crippen LogP contribution is -1.99. The Bertz CT molecular complexity index is 523. The highest BCUT2D eigenvalue weighted by Gasteiger charge is 2.04. The van der Waals surface area contributed by atoms with Crippen LogP contribution in [0, 0.1) is 0 Å². The van der Waals surface area contributed by atoms with Crippen LogP contribution in [0.4, 0.5) is 0 Å². The van der Waals surface area contributed by atoms with Crippen molar-refractivity contribution in [3.8, 4) is 11.5 Å². The number of hydrogen-bond donors (Lipinski definition) is 1. The zero-order chi connectivity index (χ0) is 13.0. The van der Waals surface area contributed by atoms with Gasteiger partial charge in [0.2, 0.25) is 0 Å². The molecule has 0 aliphatic heterocycles. The highest BCUT2D eigenvalue weighted by atomic mass is 79.9. The van der Waals surface area contributed by atoms with Gasteiger partial charge in [-0.1, -0.05) is 41.1 Å². The predicted octanol–water partition coefficient (Wildman–Crippen LogP) is 4.26. The normalized spacial score (nSPS) is 10.4. The highest BCUT2D eigenvalue weighted by Crippen LogP contribution is 2.28. The topological polar surface area (TPSA) is 35.2 Å². The molecule has 0 saturated heterocycles. The lowest BCUT2D eigenvalue weighted by atomic mass is 10.1. The maximum absolute atomic E-state index is 5.87. The van der Waals surface area contributed by atoms with Gasteiger partial charge in [-0.25, -0.2) is 0 Å². The molecular formula is C15H16BrNO. The van der Waals surface area contributed by atoms with Crippen molar-refractivity contribution in [3.63, 3.8) is 0 Å². The van der Waals surface area contributed by atoms with Crippen molar-refractivity contribution >= 4 is 15.9 Å². The van der Waals surface area contributed by atoms with Crippen LogP contribution in [0.2, 0.25) is 0 Å². The Hall–Kier alpha value is -1.32. The van der Waals surface area contributed by atoms with E-state index in [0.717, 1.165) is 28.0 Å². The monoisotopic (exact) mass is 305 g/mol. The lowest BCUT2D eigenvalue weighted by molar-refractivity contribution is 0.476. The molecule has 0 atom stereocenters.